The summed E-state index contributed by atoms with van der Waals surface area (Å²) in [5, 5.41) is 7.40. The summed E-state index contributed by atoms with van der Waals surface area (Å²) in [5.74, 6) is -0.0419. The first-order valence-corrected chi connectivity index (χ1v) is 7.05. The van der Waals surface area contributed by atoms with Crippen LogP contribution in [0.3, 0.4) is 0 Å². The monoisotopic (exact) mass is 271 g/mol. The minimum atomic E-state index is -0.0419. The van der Waals surface area contributed by atoms with Gasteiger partial charge in [0.15, 0.2) is 0 Å². The SMILES string of the molecule is CCc1cc(CC)n(CC(=O)Nc2ccccc2C)n1. The Labute approximate surface area is 119 Å². The van der Waals surface area contributed by atoms with E-state index in [-0.39, 0.29) is 12.5 Å². The molecule has 0 fully saturated rings. The fourth-order valence-corrected chi connectivity index (χ4v) is 2.15. The average molecular weight is 271 g/mol. The maximum atomic E-state index is 12.1. The molecule has 0 unspecified atom stereocenters. The lowest BCUT2D eigenvalue weighted by Gasteiger charge is -2.09. The number of aryl methyl sites for hydroxylation is 3. The van der Waals surface area contributed by atoms with Crippen molar-refractivity contribution in [1.29, 1.82) is 0 Å². The summed E-state index contributed by atoms with van der Waals surface area (Å²) in [6, 6.07) is 9.84. The number of hydrogen-bond donors (Lipinski definition) is 1. The highest BCUT2D eigenvalue weighted by Crippen LogP contribution is 2.13. The third kappa shape index (κ3) is 3.26. The fraction of sp³-hybridized carbons (Fsp3) is 0.375. The van der Waals surface area contributed by atoms with Gasteiger partial charge < -0.3 is 5.32 Å². The number of amides is 1. The van der Waals surface area contributed by atoms with E-state index in [0.29, 0.717) is 0 Å². The number of nitrogens with zero attached hydrogens (tertiary/aromatic N) is 2. The molecule has 1 aromatic carbocycles. The second kappa shape index (κ2) is 6.37. The molecular weight excluding hydrogens is 250 g/mol. The summed E-state index contributed by atoms with van der Waals surface area (Å²) >= 11 is 0. The number of hydrogen-bond acceptors (Lipinski definition) is 2. The third-order valence-corrected chi connectivity index (χ3v) is 3.35. The van der Waals surface area contributed by atoms with Gasteiger partial charge in [0.2, 0.25) is 5.91 Å². The number of para-hydroxylation sites is 1. The molecule has 0 aliphatic rings. The van der Waals surface area contributed by atoms with Crippen molar-refractivity contribution in [3.05, 3.63) is 47.3 Å². The summed E-state index contributed by atoms with van der Waals surface area (Å²) in [6.45, 7) is 6.39. The molecule has 0 bridgehead atoms. The van der Waals surface area contributed by atoms with E-state index in [0.717, 1.165) is 35.5 Å². The van der Waals surface area contributed by atoms with E-state index < -0.39 is 0 Å². The number of nitrogens with one attached hydrogen (secondary N) is 1. The number of benzene rings is 1. The lowest BCUT2D eigenvalue weighted by atomic mass is 10.2. The molecule has 1 amide bonds. The number of anilines is 1. The summed E-state index contributed by atoms with van der Waals surface area (Å²) < 4.78 is 1.80. The molecule has 0 saturated heterocycles. The lowest BCUT2D eigenvalue weighted by Crippen LogP contribution is -2.21. The average Bonchev–Trinajstić information content (AvgIpc) is 2.83. The maximum absolute atomic E-state index is 12.1. The highest BCUT2D eigenvalue weighted by molar-refractivity contribution is 5.91. The second-order valence-electron chi connectivity index (χ2n) is 4.85. The van der Waals surface area contributed by atoms with Gasteiger partial charge in [0, 0.05) is 11.4 Å². The van der Waals surface area contributed by atoms with E-state index in [2.05, 4.69) is 30.3 Å². The molecule has 0 saturated carbocycles. The van der Waals surface area contributed by atoms with E-state index in [1.165, 1.54) is 0 Å². The molecule has 1 aromatic heterocycles. The van der Waals surface area contributed by atoms with Crippen LogP contribution in [0.2, 0.25) is 0 Å². The van der Waals surface area contributed by atoms with Gasteiger partial charge in [-0.05, 0) is 37.5 Å². The molecule has 0 spiro atoms. The van der Waals surface area contributed by atoms with Crippen LogP contribution in [0.1, 0.15) is 30.8 Å². The van der Waals surface area contributed by atoms with Crippen molar-refractivity contribution >= 4 is 11.6 Å². The van der Waals surface area contributed by atoms with E-state index in [1.807, 2.05) is 31.2 Å². The largest absolute Gasteiger partial charge is 0.324 e. The topological polar surface area (TPSA) is 46.9 Å². The Bertz CT molecular complexity index is 602. The van der Waals surface area contributed by atoms with Crippen molar-refractivity contribution in [1.82, 2.24) is 9.78 Å². The molecule has 2 rings (SSSR count). The molecule has 4 nitrogen and oxygen atoms in total. The van der Waals surface area contributed by atoms with Gasteiger partial charge in [0.25, 0.3) is 0 Å². The molecule has 2 aromatic rings. The van der Waals surface area contributed by atoms with E-state index in [9.17, 15) is 4.79 Å². The summed E-state index contributed by atoms with van der Waals surface area (Å²) in [5.41, 5.74) is 4.05. The number of aromatic nitrogens is 2. The van der Waals surface area contributed by atoms with Crippen LogP contribution < -0.4 is 5.32 Å². The van der Waals surface area contributed by atoms with Gasteiger partial charge in [-0.3, -0.25) is 9.48 Å². The Hall–Kier alpha value is -2.10. The van der Waals surface area contributed by atoms with Gasteiger partial charge in [-0.1, -0.05) is 32.0 Å². The molecule has 0 aliphatic carbocycles. The predicted molar refractivity (Wildman–Crippen MR) is 80.8 cm³/mol. The fourth-order valence-electron chi connectivity index (χ4n) is 2.15. The van der Waals surface area contributed by atoms with Gasteiger partial charge in [-0.15, -0.1) is 0 Å². The smallest absolute Gasteiger partial charge is 0.246 e. The van der Waals surface area contributed by atoms with Crippen molar-refractivity contribution in [3.63, 3.8) is 0 Å². The number of rotatable bonds is 5. The normalized spacial score (nSPS) is 10.6. The predicted octanol–water partition coefficient (Wildman–Crippen LogP) is 2.96. The Kier molecular flexibility index (Phi) is 4.56. The molecule has 4 heteroatoms. The van der Waals surface area contributed by atoms with Crippen LogP contribution in [0.4, 0.5) is 5.69 Å². The van der Waals surface area contributed by atoms with Crippen LogP contribution in [-0.2, 0) is 24.2 Å². The Morgan fingerprint density at radius 1 is 1.25 bits per heavy atom. The summed E-state index contributed by atoms with van der Waals surface area (Å²) in [7, 11) is 0. The lowest BCUT2D eigenvalue weighted by molar-refractivity contribution is -0.116. The molecule has 1 N–H and O–H groups in total. The Morgan fingerprint density at radius 2 is 2.00 bits per heavy atom. The minimum absolute atomic E-state index is 0.0419. The molecule has 106 valence electrons. The minimum Gasteiger partial charge on any atom is -0.324 e. The second-order valence-corrected chi connectivity index (χ2v) is 4.85. The maximum Gasteiger partial charge on any atom is 0.246 e. The first kappa shape index (κ1) is 14.3. The molecule has 1 heterocycles. The van der Waals surface area contributed by atoms with Gasteiger partial charge in [0.05, 0.1) is 5.69 Å². The van der Waals surface area contributed by atoms with Gasteiger partial charge >= 0.3 is 0 Å². The summed E-state index contributed by atoms with van der Waals surface area (Å²) in [4.78, 5) is 12.1. The van der Waals surface area contributed by atoms with E-state index >= 15 is 0 Å². The molecule has 0 atom stereocenters. The molecule has 0 aliphatic heterocycles. The van der Waals surface area contributed by atoms with Crippen molar-refractivity contribution < 1.29 is 4.79 Å². The zero-order valence-corrected chi connectivity index (χ0v) is 12.3. The Morgan fingerprint density at radius 3 is 2.65 bits per heavy atom. The standard InChI is InChI=1S/C16H21N3O/c1-4-13-10-14(5-2)19(18-13)11-16(20)17-15-9-7-6-8-12(15)3/h6-10H,4-5,11H2,1-3H3,(H,17,20). The van der Waals surface area contributed by atoms with E-state index in [4.69, 9.17) is 0 Å². The first-order valence-electron chi connectivity index (χ1n) is 7.05. The van der Waals surface area contributed by atoms with Gasteiger partial charge in [0.1, 0.15) is 6.54 Å². The number of carbonyl (C=O) groups is 1. The van der Waals surface area contributed by atoms with Gasteiger partial charge in [-0.25, -0.2) is 0 Å². The molecule has 20 heavy (non-hydrogen) atoms. The summed E-state index contributed by atoms with van der Waals surface area (Å²) in [6.07, 6.45) is 1.77. The van der Waals surface area contributed by atoms with Crippen LogP contribution in [0.15, 0.2) is 30.3 Å². The zero-order valence-electron chi connectivity index (χ0n) is 12.3. The van der Waals surface area contributed by atoms with Crippen molar-refractivity contribution in [2.24, 2.45) is 0 Å². The molecular formula is C16H21N3O. The van der Waals surface area contributed by atoms with Crippen molar-refractivity contribution in [2.45, 2.75) is 40.2 Å². The van der Waals surface area contributed by atoms with Crippen LogP contribution in [-0.4, -0.2) is 15.7 Å². The highest BCUT2D eigenvalue weighted by Gasteiger charge is 2.10. The van der Waals surface area contributed by atoms with Crippen LogP contribution in [0.5, 0.6) is 0 Å². The quantitative estimate of drug-likeness (QED) is 0.908. The molecule has 0 radical (unpaired) electrons. The van der Waals surface area contributed by atoms with Crippen LogP contribution in [0.25, 0.3) is 0 Å². The Balaban J connectivity index is 2.08. The zero-order chi connectivity index (χ0) is 14.5. The first-order chi connectivity index (χ1) is 9.63. The van der Waals surface area contributed by atoms with Gasteiger partial charge in [-0.2, -0.15) is 5.10 Å². The third-order valence-electron chi connectivity index (χ3n) is 3.35. The van der Waals surface area contributed by atoms with Crippen LogP contribution >= 0.6 is 0 Å². The number of carbonyl (C=O) groups excluding carboxylic acids is 1. The highest BCUT2D eigenvalue weighted by atomic mass is 16.2. The van der Waals surface area contributed by atoms with Crippen molar-refractivity contribution in [3.8, 4) is 0 Å². The van der Waals surface area contributed by atoms with Crippen LogP contribution in [0, 0.1) is 6.92 Å². The van der Waals surface area contributed by atoms with Crippen molar-refractivity contribution in [2.75, 3.05) is 5.32 Å². The van der Waals surface area contributed by atoms with E-state index in [1.54, 1.807) is 4.68 Å².